The van der Waals surface area contributed by atoms with Crippen molar-refractivity contribution in [1.29, 1.82) is 0 Å². The van der Waals surface area contributed by atoms with Crippen LogP contribution < -0.4 is 0 Å². The number of hydrogen-bond acceptors (Lipinski definition) is 2. The Morgan fingerprint density at radius 2 is 1.67 bits per heavy atom. The average molecular weight is 348 g/mol. The first-order chi connectivity index (χ1) is 11.4. The molecule has 2 rings (SSSR count). The Morgan fingerprint density at radius 1 is 1.08 bits per heavy atom. The van der Waals surface area contributed by atoms with E-state index >= 15 is 0 Å². The Kier molecular flexibility index (Phi) is 7.79. The van der Waals surface area contributed by atoms with Crippen molar-refractivity contribution in [2.45, 2.75) is 39.5 Å². The van der Waals surface area contributed by atoms with Crippen LogP contribution in [0.1, 0.15) is 37.5 Å². The fourth-order valence-electron chi connectivity index (χ4n) is 2.20. The van der Waals surface area contributed by atoms with Crippen molar-refractivity contribution in [2.24, 2.45) is 5.10 Å². The third kappa shape index (κ3) is 4.99. The Labute approximate surface area is 146 Å². The van der Waals surface area contributed by atoms with E-state index in [1.165, 1.54) is 10.5 Å². The monoisotopic (exact) mass is 348 g/mol. The Hall–Kier alpha value is -2.01. The Balaban J connectivity index is 0.00000139. The van der Waals surface area contributed by atoms with Gasteiger partial charge in [0.15, 0.2) is 11.0 Å². The molecule has 0 saturated heterocycles. The van der Waals surface area contributed by atoms with Gasteiger partial charge in [-0.1, -0.05) is 43.7 Å². The van der Waals surface area contributed by atoms with E-state index < -0.39 is 11.0 Å². The van der Waals surface area contributed by atoms with Crippen LogP contribution in [0.5, 0.6) is 0 Å². The normalized spacial score (nSPS) is 12.2. The van der Waals surface area contributed by atoms with Crippen LogP contribution in [0.15, 0.2) is 52.5 Å². The van der Waals surface area contributed by atoms with Gasteiger partial charge >= 0.3 is 0 Å². The highest BCUT2D eigenvalue weighted by atomic mass is 32.2. The zero-order valence-electron chi connectivity index (χ0n) is 15.1. The summed E-state index contributed by atoms with van der Waals surface area (Å²) < 4.78 is 27.7. The van der Waals surface area contributed by atoms with E-state index in [1.54, 1.807) is 32.2 Å². The molecule has 0 N–H and O–H groups in total. The predicted molar refractivity (Wildman–Crippen MR) is 100 cm³/mol. The third-order valence-electron chi connectivity index (χ3n) is 3.34. The summed E-state index contributed by atoms with van der Waals surface area (Å²) in [6, 6.07) is 12.3. The van der Waals surface area contributed by atoms with Crippen LogP contribution in [0.3, 0.4) is 0 Å². The third-order valence-corrected chi connectivity index (χ3v) is 4.57. The van der Waals surface area contributed by atoms with E-state index in [9.17, 15) is 8.60 Å². The minimum Gasteiger partial charge on any atom is -0.230 e. The second kappa shape index (κ2) is 9.33. The lowest BCUT2D eigenvalue weighted by molar-refractivity contribution is 0.553. The van der Waals surface area contributed by atoms with Crippen LogP contribution in [-0.2, 0) is 11.0 Å². The molecule has 5 heteroatoms. The van der Waals surface area contributed by atoms with Crippen molar-refractivity contribution in [1.82, 2.24) is 4.41 Å². The van der Waals surface area contributed by atoms with Gasteiger partial charge in [-0.3, -0.25) is 0 Å². The number of benzene rings is 2. The van der Waals surface area contributed by atoms with Crippen molar-refractivity contribution < 1.29 is 8.60 Å². The largest absolute Gasteiger partial charge is 0.230 e. The fourth-order valence-corrected chi connectivity index (χ4v) is 3.07. The maximum absolute atomic E-state index is 13.9. The first kappa shape index (κ1) is 20.0. The molecule has 0 bridgehead atoms. The van der Waals surface area contributed by atoms with Crippen molar-refractivity contribution in [3.8, 4) is 0 Å². The summed E-state index contributed by atoms with van der Waals surface area (Å²) in [6.45, 7) is 9.52. The van der Waals surface area contributed by atoms with Gasteiger partial charge in [0.1, 0.15) is 5.82 Å². The molecule has 0 aliphatic rings. The van der Waals surface area contributed by atoms with Crippen molar-refractivity contribution in [3.63, 3.8) is 0 Å². The maximum Gasteiger partial charge on any atom is 0.168 e. The van der Waals surface area contributed by atoms with Gasteiger partial charge < -0.3 is 0 Å². The molecule has 0 spiro atoms. The molecular formula is C19H25FN2OS. The van der Waals surface area contributed by atoms with Crippen molar-refractivity contribution >= 4 is 16.7 Å². The Bertz CT molecular complexity index is 706. The molecule has 0 heterocycles. The van der Waals surface area contributed by atoms with Crippen LogP contribution in [0.2, 0.25) is 0 Å². The summed E-state index contributed by atoms with van der Waals surface area (Å²) in [5.41, 5.74) is 2.86. The van der Waals surface area contributed by atoms with Gasteiger partial charge in [0.2, 0.25) is 0 Å². The van der Waals surface area contributed by atoms with E-state index in [2.05, 4.69) is 5.10 Å². The molecule has 130 valence electrons. The summed E-state index contributed by atoms with van der Waals surface area (Å²) in [4.78, 5) is 0.662. The van der Waals surface area contributed by atoms with Gasteiger partial charge in [-0.15, -0.1) is 0 Å². The van der Waals surface area contributed by atoms with E-state index in [4.69, 9.17) is 0 Å². The maximum atomic E-state index is 13.9. The second-order valence-electron chi connectivity index (χ2n) is 5.14. The highest BCUT2D eigenvalue weighted by molar-refractivity contribution is 7.82. The standard InChI is InChI=1S/C17H19FN2OS.C2H6/c1-12-8-10-15(11-9-12)22(21)20(4)19-14(3)17-13(2)6-5-7-16(17)18;1-2/h5-11H,1-4H3;1-2H3/b19-14-;. The molecular weight excluding hydrogens is 323 g/mol. The lowest BCUT2D eigenvalue weighted by Gasteiger charge is -2.15. The minimum absolute atomic E-state index is 0.323. The van der Waals surface area contributed by atoms with Gasteiger partial charge in [0.05, 0.1) is 10.6 Å². The Morgan fingerprint density at radius 3 is 2.21 bits per heavy atom. The molecule has 2 aromatic rings. The van der Waals surface area contributed by atoms with Gasteiger partial charge in [0.25, 0.3) is 0 Å². The number of hydrogen-bond donors (Lipinski definition) is 0. The molecule has 0 saturated carbocycles. The quantitative estimate of drug-likeness (QED) is 0.574. The average Bonchev–Trinajstić information content (AvgIpc) is 2.56. The molecule has 0 aromatic heterocycles. The topological polar surface area (TPSA) is 32.7 Å². The zero-order chi connectivity index (χ0) is 18.3. The SMILES string of the molecule is C/C(=N/N(C)S(=O)c1ccc(C)cc1)c1c(C)cccc1F.CC. The fraction of sp³-hybridized carbons (Fsp3) is 0.316. The van der Waals surface area contributed by atoms with Crippen LogP contribution in [0.4, 0.5) is 4.39 Å². The van der Waals surface area contributed by atoms with E-state index in [0.29, 0.717) is 16.2 Å². The molecule has 0 radical (unpaired) electrons. The summed E-state index contributed by atoms with van der Waals surface area (Å²) in [7, 11) is 0.200. The molecule has 24 heavy (non-hydrogen) atoms. The van der Waals surface area contributed by atoms with E-state index in [0.717, 1.165) is 11.1 Å². The second-order valence-corrected chi connectivity index (χ2v) is 6.64. The molecule has 0 amide bonds. The lowest BCUT2D eigenvalue weighted by atomic mass is 10.0. The zero-order valence-corrected chi connectivity index (χ0v) is 15.9. The molecule has 0 aliphatic heterocycles. The summed E-state index contributed by atoms with van der Waals surface area (Å²) >= 11 is 0. The number of nitrogens with zero attached hydrogens (tertiary/aromatic N) is 2. The molecule has 0 fully saturated rings. The smallest absolute Gasteiger partial charge is 0.168 e. The summed E-state index contributed by atoms with van der Waals surface area (Å²) in [6.07, 6.45) is 0. The lowest BCUT2D eigenvalue weighted by Crippen LogP contribution is -2.18. The van der Waals surface area contributed by atoms with Crippen molar-refractivity contribution in [3.05, 3.63) is 65.0 Å². The first-order valence-electron chi connectivity index (χ1n) is 7.93. The molecule has 2 aromatic carbocycles. The molecule has 0 aliphatic carbocycles. The van der Waals surface area contributed by atoms with Crippen LogP contribution in [0.25, 0.3) is 0 Å². The van der Waals surface area contributed by atoms with Crippen molar-refractivity contribution in [2.75, 3.05) is 7.05 Å². The number of rotatable bonds is 4. The highest BCUT2D eigenvalue weighted by Crippen LogP contribution is 2.16. The van der Waals surface area contributed by atoms with Crippen LogP contribution >= 0.6 is 0 Å². The highest BCUT2D eigenvalue weighted by Gasteiger charge is 2.12. The summed E-state index contributed by atoms with van der Waals surface area (Å²) in [5.74, 6) is -0.323. The van der Waals surface area contributed by atoms with Gasteiger partial charge in [0, 0.05) is 12.6 Å². The van der Waals surface area contributed by atoms with E-state index in [-0.39, 0.29) is 5.82 Å². The number of aryl methyl sites for hydroxylation is 2. The van der Waals surface area contributed by atoms with Crippen LogP contribution in [-0.4, -0.2) is 21.4 Å². The predicted octanol–water partition coefficient (Wildman–Crippen LogP) is 4.85. The first-order valence-corrected chi connectivity index (χ1v) is 9.04. The number of hydrazone groups is 1. The van der Waals surface area contributed by atoms with Crippen LogP contribution in [0, 0.1) is 19.7 Å². The number of halogens is 1. The van der Waals surface area contributed by atoms with E-state index in [1.807, 2.05) is 45.9 Å². The van der Waals surface area contributed by atoms with Gasteiger partial charge in [-0.25, -0.2) is 13.0 Å². The van der Waals surface area contributed by atoms with Gasteiger partial charge in [-0.05, 0) is 44.5 Å². The van der Waals surface area contributed by atoms with Gasteiger partial charge in [-0.2, -0.15) is 5.10 Å². The minimum atomic E-state index is -1.42. The summed E-state index contributed by atoms with van der Waals surface area (Å²) in [5, 5.41) is 4.28. The molecule has 1 unspecified atom stereocenters. The molecule has 1 atom stereocenters. The molecule has 3 nitrogen and oxygen atoms in total.